The van der Waals surface area contributed by atoms with E-state index in [9.17, 15) is 4.79 Å². The van der Waals surface area contributed by atoms with Gasteiger partial charge >= 0.3 is 0 Å². The van der Waals surface area contributed by atoms with Crippen molar-refractivity contribution < 1.29 is 4.79 Å². The van der Waals surface area contributed by atoms with Crippen LogP contribution in [-0.2, 0) is 0 Å². The van der Waals surface area contributed by atoms with Gasteiger partial charge in [0.1, 0.15) is 0 Å². The van der Waals surface area contributed by atoms with Crippen LogP contribution in [-0.4, -0.2) is 52.9 Å². The quantitative estimate of drug-likeness (QED) is 0.663. The fourth-order valence-corrected chi connectivity index (χ4v) is 4.16. The van der Waals surface area contributed by atoms with Gasteiger partial charge in [0, 0.05) is 35.6 Å². The van der Waals surface area contributed by atoms with Crippen LogP contribution in [0.2, 0.25) is 0 Å². The molecule has 144 valence electrons. The molecule has 1 fully saturated rings. The van der Waals surface area contributed by atoms with Crippen molar-refractivity contribution in [1.29, 1.82) is 0 Å². The Hall–Kier alpha value is -2.72. The topological polar surface area (TPSA) is 36.4 Å². The van der Waals surface area contributed by atoms with Gasteiger partial charge in [0.2, 0.25) is 0 Å². The second kappa shape index (κ2) is 8.11. The molecule has 0 unspecified atom stereocenters. The molecule has 1 atom stereocenters. The molecule has 1 saturated heterocycles. The predicted octanol–water partition coefficient (Wildman–Crippen LogP) is 4.46. The van der Waals surface area contributed by atoms with Crippen LogP contribution in [0, 0.1) is 0 Å². The number of carbonyl (C=O) groups excluding carboxylic acids is 1. The van der Waals surface area contributed by atoms with E-state index in [1.807, 2.05) is 53.4 Å². The Kier molecular flexibility index (Phi) is 5.40. The minimum Gasteiger partial charge on any atom is -0.337 e. The summed E-state index contributed by atoms with van der Waals surface area (Å²) < 4.78 is 0. The van der Waals surface area contributed by atoms with Crippen LogP contribution in [0.4, 0.5) is 0 Å². The number of para-hydroxylation sites is 1. The lowest BCUT2D eigenvalue weighted by atomic mass is 10.1. The molecule has 0 aliphatic carbocycles. The first-order valence-corrected chi connectivity index (χ1v) is 10.2. The number of nitrogens with zero attached hydrogens (tertiary/aromatic N) is 3. The molecule has 0 radical (unpaired) electrons. The molecule has 4 heteroatoms. The van der Waals surface area contributed by atoms with Gasteiger partial charge in [-0.3, -0.25) is 9.69 Å². The molecule has 0 bridgehead atoms. The fraction of sp³-hybridized carbons (Fsp3) is 0.333. The zero-order valence-corrected chi connectivity index (χ0v) is 16.6. The van der Waals surface area contributed by atoms with Crippen LogP contribution in [0.5, 0.6) is 0 Å². The van der Waals surface area contributed by atoms with E-state index < -0.39 is 0 Å². The highest BCUT2D eigenvalue weighted by Gasteiger charge is 2.29. The zero-order valence-electron chi connectivity index (χ0n) is 16.6. The predicted molar refractivity (Wildman–Crippen MR) is 114 cm³/mol. The molecule has 4 rings (SSSR count). The number of hydrogen-bond donors (Lipinski definition) is 0. The molecule has 1 amide bonds. The third kappa shape index (κ3) is 3.65. The fourth-order valence-electron chi connectivity index (χ4n) is 4.16. The van der Waals surface area contributed by atoms with Gasteiger partial charge in [0.25, 0.3) is 5.91 Å². The Morgan fingerprint density at radius 2 is 1.79 bits per heavy atom. The van der Waals surface area contributed by atoms with Gasteiger partial charge in [-0.1, -0.05) is 50.2 Å². The van der Waals surface area contributed by atoms with Gasteiger partial charge in [-0.2, -0.15) is 0 Å². The third-order valence-corrected chi connectivity index (χ3v) is 5.81. The maximum absolute atomic E-state index is 12.9. The highest BCUT2D eigenvalue weighted by molar-refractivity contribution is 5.95. The van der Waals surface area contributed by atoms with Crippen molar-refractivity contribution in [2.75, 3.05) is 26.2 Å². The second-order valence-electron chi connectivity index (χ2n) is 7.38. The van der Waals surface area contributed by atoms with Crippen LogP contribution in [0.1, 0.15) is 30.6 Å². The number of fused-ring (bicyclic) bond motifs is 1. The van der Waals surface area contributed by atoms with E-state index in [-0.39, 0.29) is 5.91 Å². The summed E-state index contributed by atoms with van der Waals surface area (Å²) in [5.74, 6) is 0.132. The van der Waals surface area contributed by atoms with Gasteiger partial charge in [0.05, 0.1) is 11.2 Å². The van der Waals surface area contributed by atoms with Crippen LogP contribution in [0.3, 0.4) is 0 Å². The van der Waals surface area contributed by atoms with Crippen molar-refractivity contribution in [3.05, 3.63) is 66.2 Å². The molecule has 0 N–H and O–H groups in total. The van der Waals surface area contributed by atoms with Crippen molar-refractivity contribution in [2.24, 2.45) is 0 Å². The Bertz CT molecular complexity index is 963. The Balaban J connectivity index is 1.49. The summed E-state index contributed by atoms with van der Waals surface area (Å²) in [5.41, 5.74) is 3.70. The normalized spacial score (nSPS) is 16.8. The molecule has 28 heavy (non-hydrogen) atoms. The van der Waals surface area contributed by atoms with E-state index in [0.29, 0.717) is 6.04 Å². The first-order valence-electron chi connectivity index (χ1n) is 10.2. The molecule has 0 spiro atoms. The summed E-state index contributed by atoms with van der Waals surface area (Å²) in [5, 5.41) is 1.13. The van der Waals surface area contributed by atoms with E-state index in [0.717, 1.165) is 60.3 Å². The number of hydrogen-bond acceptors (Lipinski definition) is 3. The summed E-state index contributed by atoms with van der Waals surface area (Å²) in [7, 11) is 0. The molecule has 1 aliphatic heterocycles. The average Bonchev–Trinajstić information content (AvgIpc) is 3.24. The van der Waals surface area contributed by atoms with E-state index in [4.69, 9.17) is 4.98 Å². The number of likely N-dealkylation sites (N-methyl/N-ethyl adjacent to an activating group) is 1. The Labute approximate surface area is 166 Å². The number of aromatic nitrogens is 1. The number of rotatable bonds is 5. The highest BCUT2D eigenvalue weighted by atomic mass is 16.2. The van der Waals surface area contributed by atoms with Crippen molar-refractivity contribution in [1.82, 2.24) is 14.8 Å². The summed E-state index contributed by atoms with van der Waals surface area (Å²) in [6, 6.07) is 20.6. The van der Waals surface area contributed by atoms with E-state index in [1.165, 1.54) is 0 Å². The second-order valence-corrected chi connectivity index (χ2v) is 7.38. The molecule has 4 nitrogen and oxygen atoms in total. The Morgan fingerprint density at radius 1 is 1.04 bits per heavy atom. The molecule has 2 aromatic carbocycles. The van der Waals surface area contributed by atoms with E-state index >= 15 is 0 Å². The molecular weight excluding hydrogens is 346 g/mol. The smallest absolute Gasteiger partial charge is 0.253 e. The van der Waals surface area contributed by atoms with E-state index in [1.54, 1.807) is 0 Å². The van der Waals surface area contributed by atoms with Crippen molar-refractivity contribution in [3.8, 4) is 11.3 Å². The summed E-state index contributed by atoms with van der Waals surface area (Å²) in [4.78, 5) is 22.1. The standard InChI is InChI=1S/C24H27N3O/c1-3-26(4-2)21-15-16-27(17-21)24(28)20-11-9-19(10-12-20)23-14-13-18-7-5-6-8-22(18)25-23/h5-14,21H,3-4,15-17H2,1-2H3/t21-/m0/s1. The molecule has 0 saturated carbocycles. The van der Waals surface area contributed by atoms with Crippen molar-refractivity contribution >= 4 is 16.8 Å². The monoisotopic (exact) mass is 373 g/mol. The van der Waals surface area contributed by atoms with Gasteiger partial charge in [0.15, 0.2) is 0 Å². The maximum atomic E-state index is 12.9. The molecular formula is C24H27N3O. The number of carbonyl (C=O) groups is 1. The van der Waals surface area contributed by atoms with Gasteiger partial charge in [-0.05, 0) is 43.8 Å². The third-order valence-electron chi connectivity index (χ3n) is 5.81. The van der Waals surface area contributed by atoms with Gasteiger partial charge in [-0.15, -0.1) is 0 Å². The van der Waals surface area contributed by atoms with Crippen LogP contribution in [0.15, 0.2) is 60.7 Å². The maximum Gasteiger partial charge on any atom is 0.253 e. The molecule has 2 heterocycles. The highest BCUT2D eigenvalue weighted by Crippen LogP contribution is 2.23. The lowest BCUT2D eigenvalue weighted by molar-refractivity contribution is 0.0778. The van der Waals surface area contributed by atoms with Crippen LogP contribution >= 0.6 is 0 Å². The Morgan fingerprint density at radius 3 is 2.54 bits per heavy atom. The van der Waals surface area contributed by atoms with Crippen molar-refractivity contribution in [2.45, 2.75) is 26.3 Å². The first kappa shape index (κ1) is 18.6. The largest absolute Gasteiger partial charge is 0.337 e. The summed E-state index contributed by atoms with van der Waals surface area (Å²) in [6.07, 6.45) is 1.06. The minimum absolute atomic E-state index is 0.132. The number of pyridine rings is 1. The molecule has 3 aromatic rings. The first-order chi connectivity index (χ1) is 13.7. The summed E-state index contributed by atoms with van der Waals surface area (Å²) >= 11 is 0. The van der Waals surface area contributed by atoms with Crippen LogP contribution < -0.4 is 0 Å². The number of likely N-dealkylation sites (tertiary alicyclic amines) is 1. The minimum atomic E-state index is 0.132. The van der Waals surface area contributed by atoms with Crippen molar-refractivity contribution in [3.63, 3.8) is 0 Å². The summed E-state index contributed by atoms with van der Waals surface area (Å²) in [6.45, 7) is 8.12. The zero-order chi connectivity index (χ0) is 19.5. The van der Waals surface area contributed by atoms with Gasteiger partial charge < -0.3 is 4.90 Å². The molecule has 1 aromatic heterocycles. The number of benzene rings is 2. The average molecular weight is 374 g/mol. The lowest BCUT2D eigenvalue weighted by Crippen LogP contribution is -2.38. The van der Waals surface area contributed by atoms with E-state index in [2.05, 4.69) is 30.9 Å². The van der Waals surface area contributed by atoms with Crippen LogP contribution in [0.25, 0.3) is 22.2 Å². The number of amides is 1. The lowest BCUT2D eigenvalue weighted by Gasteiger charge is -2.26. The molecule has 1 aliphatic rings. The van der Waals surface area contributed by atoms with Gasteiger partial charge in [-0.25, -0.2) is 4.98 Å². The SMILES string of the molecule is CCN(CC)[C@H]1CCN(C(=O)c2ccc(-c3ccc4ccccc4n3)cc2)C1.